The highest BCUT2D eigenvalue weighted by molar-refractivity contribution is 5.82. The van der Waals surface area contributed by atoms with Crippen LogP contribution in [-0.2, 0) is 4.79 Å². The van der Waals surface area contributed by atoms with Gasteiger partial charge in [0.2, 0.25) is 5.91 Å². The predicted octanol–water partition coefficient (Wildman–Crippen LogP) is 2.02. The summed E-state index contributed by atoms with van der Waals surface area (Å²) in [7, 11) is 2.00. The molecule has 4 unspecified atom stereocenters. The van der Waals surface area contributed by atoms with Gasteiger partial charge in [-0.3, -0.25) is 4.79 Å². The lowest BCUT2D eigenvalue weighted by Gasteiger charge is -2.36. The summed E-state index contributed by atoms with van der Waals surface area (Å²) in [5.41, 5.74) is 0. The Labute approximate surface area is 105 Å². The molecular weight excluding hydrogens is 212 g/mol. The van der Waals surface area contributed by atoms with E-state index >= 15 is 0 Å². The molecule has 17 heavy (non-hydrogen) atoms. The van der Waals surface area contributed by atoms with E-state index in [1.54, 1.807) is 0 Å². The van der Waals surface area contributed by atoms with E-state index in [-0.39, 0.29) is 6.04 Å². The normalized spacial score (nSPS) is 38.1. The SMILES string of the molecule is CC1CCCC(N(C)C(=O)C2NCCC2C)C1. The lowest BCUT2D eigenvalue weighted by Crippen LogP contribution is -2.49. The summed E-state index contributed by atoms with van der Waals surface area (Å²) in [6.07, 6.45) is 6.11. The minimum absolute atomic E-state index is 0.0669. The van der Waals surface area contributed by atoms with Crippen molar-refractivity contribution in [3.8, 4) is 0 Å². The van der Waals surface area contributed by atoms with Crippen molar-refractivity contribution >= 4 is 5.91 Å². The van der Waals surface area contributed by atoms with Crippen molar-refractivity contribution < 1.29 is 4.79 Å². The summed E-state index contributed by atoms with van der Waals surface area (Å²) in [4.78, 5) is 14.4. The monoisotopic (exact) mass is 238 g/mol. The molecule has 3 heteroatoms. The number of nitrogens with zero attached hydrogens (tertiary/aromatic N) is 1. The second-order valence-corrected chi connectivity index (χ2v) is 6.07. The quantitative estimate of drug-likeness (QED) is 0.798. The Bertz CT molecular complexity index is 279. The molecule has 1 aliphatic carbocycles. The first-order valence-corrected chi connectivity index (χ1v) is 7.09. The number of amides is 1. The van der Waals surface area contributed by atoms with Crippen LogP contribution in [0, 0.1) is 11.8 Å². The Morgan fingerprint density at radius 2 is 2.00 bits per heavy atom. The number of nitrogens with one attached hydrogen (secondary N) is 1. The zero-order valence-electron chi connectivity index (χ0n) is 11.4. The van der Waals surface area contributed by atoms with Crippen LogP contribution in [0.25, 0.3) is 0 Å². The van der Waals surface area contributed by atoms with E-state index in [4.69, 9.17) is 0 Å². The zero-order chi connectivity index (χ0) is 12.4. The van der Waals surface area contributed by atoms with Crippen molar-refractivity contribution in [1.29, 1.82) is 0 Å². The summed E-state index contributed by atoms with van der Waals surface area (Å²) in [5, 5.41) is 3.35. The number of rotatable bonds is 2. The Morgan fingerprint density at radius 3 is 2.59 bits per heavy atom. The van der Waals surface area contributed by atoms with E-state index in [1.165, 1.54) is 25.7 Å². The van der Waals surface area contributed by atoms with Gasteiger partial charge >= 0.3 is 0 Å². The zero-order valence-corrected chi connectivity index (χ0v) is 11.4. The van der Waals surface area contributed by atoms with Crippen LogP contribution in [0.1, 0.15) is 46.0 Å². The van der Waals surface area contributed by atoms with Crippen molar-refractivity contribution in [2.45, 2.75) is 58.0 Å². The third-order valence-electron chi connectivity index (χ3n) is 4.60. The Morgan fingerprint density at radius 1 is 1.24 bits per heavy atom. The fraction of sp³-hybridized carbons (Fsp3) is 0.929. The largest absolute Gasteiger partial charge is 0.341 e. The van der Waals surface area contributed by atoms with E-state index < -0.39 is 0 Å². The molecule has 2 aliphatic rings. The average Bonchev–Trinajstić information content (AvgIpc) is 2.73. The third kappa shape index (κ3) is 2.82. The van der Waals surface area contributed by atoms with Gasteiger partial charge in [0.05, 0.1) is 6.04 Å². The molecule has 0 bridgehead atoms. The Kier molecular flexibility index (Phi) is 4.08. The molecule has 1 aliphatic heterocycles. The van der Waals surface area contributed by atoms with Crippen LogP contribution in [0.15, 0.2) is 0 Å². The summed E-state index contributed by atoms with van der Waals surface area (Å²) in [5.74, 6) is 1.58. The minimum atomic E-state index is 0.0669. The molecule has 3 nitrogen and oxygen atoms in total. The molecule has 0 aromatic heterocycles. The molecule has 1 heterocycles. The molecule has 4 atom stereocenters. The molecule has 98 valence electrons. The topological polar surface area (TPSA) is 32.3 Å². The highest BCUT2D eigenvalue weighted by Gasteiger charge is 2.34. The summed E-state index contributed by atoms with van der Waals surface area (Å²) >= 11 is 0. The number of hydrogen-bond donors (Lipinski definition) is 1. The molecule has 1 amide bonds. The van der Waals surface area contributed by atoms with Gasteiger partial charge in [-0.05, 0) is 37.6 Å². The molecule has 2 rings (SSSR count). The van der Waals surface area contributed by atoms with Crippen LogP contribution in [0.2, 0.25) is 0 Å². The van der Waals surface area contributed by atoms with E-state index in [2.05, 4.69) is 19.2 Å². The Balaban J connectivity index is 1.94. The molecule has 0 radical (unpaired) electrons. The van der Waals surface area contributed by atoms with Crippen molar-refractivity contribution in [2.24, 2.45) is 11.8 Å². The summed E-state index contributed by atoms with van der Waals surface area (Å²) in [6, 6.07) is 0.540. The van der Waals surface area contributed by atoms with E-state index in [0.717, 1.165) is 18.9 Å². The van der Waals surface area contributed by atoms with Gasteiger partial charge in [0.1, 0.15) is 0 Å². The maximum absolute atomic E-state index is 12.4. The molecule has 1 saturated heterocycles. The molecule has 0 aromatic carbocycles. The average molecular weight is 238 g/mol. The van der Waals surface area contributed by atoms with Gasteiger partial charge in [-0.25, -0.2) is 0 Å². The molecule has 1 saturated carbocycles. The first-order valence-electron chi connectivity index (χ1n) is 7.09. The van der Waals surface area contributed by atoms with Crippen molar-refractivity contribution in [1.82, 2.24) is 10.2 Å². The molecule has 1 N–H and O–H groups in total. The van der Waals surface area contributed by atoms with Crippen molar-refractivity contribution in [3.05, 3.63) is 0 Å². The lowest BCUT2D eigenvalue weighted by molar-refractivity contribution is -0.135. The van der Waals surface area contributed by atoms with E-state index in [0.29, 0.717) is 17.9 Å². The number of carbonyl (C=O) groups is 1. The molecule has 2 fully saturated rings. The summed E-state index contributed by atoms with van der Waals surface area (Å²) < 4.78 is 0. The fourth-order valence-corrected chi connectivity index (χ4v) is 3.32. The first kappa shape index (κ1) is 12.9. The van der Waals surface area contributed by atoms with E-state index in [1.807, 2.05) is 11.9 Å². The fourth-order valence-electron chi connectivity index (χ4n) is 3.32. The highest BCUT2D eigenvalue weighted by Crippen LogP contribution is 2.28. The second-order valence-electron chi connectivity index (χ2n) is 6.07. The van der Waals surface area contributed by atoms with Crippen LogP contribution in [0.3, 0.4) is 0 Å². The predicted molar refractivity (Wildman–Crippen MR) is 69.8 cm³/mol. The van der Waals surface area contributed by atoms with Crippen LogP contribution >= 0.6 is 0 Å². The minimum Gasteiger partial charge on any atom is -0.341 e. The van der Waals surface area contributed by atoms with Crippen molar-refractivity contribution in [2.75, 3.05) is 13.6 Å². The smallest absolute Gasteiger partial charge is 0.239 e. The molecule has 0 spiro atoms. The second kappa shape index (κ2) is 5.38. The Hall–Kier alpha value is -0.570. The van der Waals surface area contributed by atoms with Gasteiger partial charge in [0.15, 0.2) is 0 Å². The van der Waals surface area contributed by atoms with Crippen molar-refractivity contribution in [3.63, 3.8) is 0 Å². The van der Waals surface area contributed by atoms with E-state index in [9.17, 15) is 4.79 Å². The first-order chi connectivity index (χ1) is 8.09. The van der Waals surface area contributed by atoms with Gasteiger partial charge in [-0.2, -0.15) is 0 Å². The summed E-state index contributed by atoms with van der Waals surface area (Å²) in [6.45, 7) is 5.48. The van der Waals surface area contributed by atoms with Gasteiger partial charge < -0.3 is 10.2 Å². The van der Waals surface area contributed by atoms with Crippen LogP contribution in [0.5, 0.6) is 0 Å². The maximum atomic E-state index is 12.4. The van der Waals surface area contributed by atoms with Crippen LogP contribution in [0.4, 0.5) is 0 Å². The standard InChI is InChI=1S/C14H26N2O/c1-10-5-4-6-12(9-10)16(3)14(17)13-11(2)7-8-15-13/h10-13,15H,4-9H2,1-3H3. The third-order valence-corrected chi connectivity index (χ3v) is 4.60. The molecule has 0 aromatic rings. The van der Waals surface area contributed by atoms with Gasteiger partial charge in [-0.1, -0.05) is 26.7 Å². The van der Waals surface area contributed by atoms with Gasteiger partial charge in [0, 0.05) is 13.1 Å². The van der Waals surface area contributed by atoms with Gasteiger partial charge in [-0.15, -0.1) is 0 Å². The number of likely N-dealkylation sites (N-methyl/N-ethyl adjacent to an activating group) is 1. The van der Waals surface area contributed by atoms with Crippen LogP contribution in [-0.4, -0.2) is 36.5 Å². The van der Waals surface area contributed by atoms with Gasteiger partial charge in [0.25, 0.3) is 0 Å². The highest BCUT2D eigenvalue weighted by atomic mass is 16.2. The number of carbonyl (C=O) groups excluding carboxylic acids is 1. The lowest BCUT2D eigenvalue weighted by atomic mass is 9.86. The van der Waals surface area contributed by atoms with Crippen LogP contribution < -0.4 is 5.32 Å². The maximum Gasteiger partial charge on any atom is 0.239 e. The molecular formula is C14H26N2O. The number of hydrogen-bond acceptors (Lipinski definition) is 2.